The molecule has 0 amide bonds. The number of rotatable bonds is 9. The van der Waals surface area contributed by atoms with Crippen molar-refractivity contribution in [3.63, 3.8) is 0 Å². The quantitative estimate of drug-likeness (QED) is 0.377. The summed E-state index contributed by atoms with van der Waals surface area (Å²) in [5.74, 6) is 1.17. The summed E-state index contributed by atoms with van der Waals surface area (Å²) in [5, 5.41) is 6.80. The van der Waals surface area contributed by atoms with E-state index >= 15 is 0 Å². The van der Waals surface area contributed by atoms with Gasteiger partial charge in [0.25, 0.3) is 0 Å². The zero-order valence-corrected chi connectivity index (χ0v) is 16.6. The second kappa shape index (κ2) is 9.85. The molecule has 0 aliphatic rings. The molecule has 1 heterocycles. The van der Waals surface area contributed by atoms with Gasteiger partial charge in [0.2, 0.25) is 5.13 Å². The molecule has 0 unspecified atom stereocenters. The maximum Gasteiger partial charge on any atom is 0.203 e. The van der Waals surface area contributed by atoms with Gasteiger partial charge in [0, 0.05) is 10.9 Å². The molecule has 0 aliphatic carbocycles. The third-order valence-corrected chi connectivity index (χ3v) is 4.49. The molecule has 0 atom stereocenters. The smallest absolute Gasteiger partial charge is 0.203 e. The number of thiazole rings is 1. The van der Waals surface area contributed by atoms with Gasteiger partial charge in [-0.2, -0.15) is 5.10 Å². The van der Waals surface area contributed by atoms with Gasteiger partial charge >= 0.3 is 0 Å². The molecule has 2 aromatic carbocycles. The van der Waals surface area contributed by atoms with Gasteiger partial charge < -0.3 is 9.47 Å². The summed E-state index contributed by atoms with van der Waals surface area (Å²) < 4.78 is 24.4. The van der Waals surface area contributed by atoms with Crippen molar-refractivity contribution >= 4 is 22.7 Å². The van der Waals surface area contributed by atoms with Gasteiger partial charge in [-0.25, -0.2) is 9.37 Å². The van der Waals surface area contributed by atoms with Crippen LogP contribution in [0.4, 0.5) is 9.52 Å². The van der Waals surface area contributed by atoms with Crippen molar-refractivity contribution in [2.24, 2.45) is 5.10 Å². The van der Waals surface area contributed by atoms with Crippen LogP contribution in [0, 0.1) is 5.82 Å². The number of hydrogen-bond donors (Lipinski definition) is 1. The molecule has 0 bridgehead atoms. The summed E-state index contributed by atoms with van der Waals surface area (Å²) in [6.07, 6.45) is 2.64. The number of anilines is 1. The lowest BCUT2D eigenvalue weighted by Gasteiger charge is -2.11. The second-order valence-electron chi connectivity index (χ2n) is 5.90. The molecule has 0 saturated carbocycles. The standard InChI is InChI=1S/C21H22FN3O2S/c1-3-11-27-19-10-5-15(12-20(19)26-4-2)13-23-25-21-24-18(14-28-21)16-6-8-17(22)9-7-16/h5-10,12-14H,3-4,11H2,1-2H3,(H,24,25)/b23-13-. The van der Waals surface area contributed by atoms with E-state index in [1.165, 1.54) is 23.5 Å². The van der Waals surface area contributed by atoms with Gasteiger partial charge in [0.15, 0.2) is 11.5 Å². The van der Waals surface area contributed by atoms with Crippen molar-refractivity contribution in [1.82, 2.24) is 4.98 Å². The van der Waals surface area contributed by atoms with E-state index in [0.717, 1.165) is 29.0 Å². The van der Waals surface area contributed by atoms with E-state index in [1.807, 2.05) is 30.5 Å². The summed E-state index contributed by atoms with van der Waals surface area (Å²) in [4.78, 5) is 4.46. The Morgan fingerprint density at radius 3 is 2.68 bits per heavy atom. The molecular weight excluding hydrogens is 377 g/mol. The number of aromatic nitrogens is 1. The first-order valence-corrected chi connectivity index (χ1v) is 9.97. The maximum atomic E-state index is 13.0. The molecule has 5 nitrogen and oxygen atoms in total. The molecule has 0 radical (unpaired) electrons. The number of halogens is 1. The molecule has 0 saturated heterocycles. The highest BCUT2D eigenvalue weighted by Gasteiger charge is 2.06. The molecule has 146 valence electrons. The number of nitrogens with one attached hydrogen (secondary N) is 1. The molecule has 3 aromatic rings. The van der Waals surface area contributed by atoms with Gasteiger partial charge in [-0.15, -0.1) is 11.3 Å². The van der Waals surface area contributed by atoms with Gasteiger partial charge in [-0.3, -0.25) is 5.43 Å². The van der Waals surface area contributed by atoms with E-state index < -0.39 is 0 Å². The Morgan fingerprint density at radius 1 is 1.11 bits per heavy atom. The highest BCUT2D eigenvalue weighted by atomic mass is 32.1. The highest BCUT2D eigenvalue weighted by Crippen LogP contribution is 2.28. The van der Waals surface area contributed by atoms with E-state index in [0.29, 0.717) is 24.1 Å². The van der Waals surface area contributed by atoms with Gasteiger partial charge in [0.1, 0.15) is 5.82 Å². The van der Waals surface area contributed by atoms with E-state index in [4.69, 9.17) is 9.47 Å². The fourth-order valence-electron chi connectivity index (χ4n) is 2.44. The minimum Gasteiger partial charge on any atom is -0.490 e. The Balaban J connectivity index is 1.65. The van der Waals surface area contributed by atoms with Crippen molar-refractivity contribution < 1.29 is 13.9 Å². The first kappa shape index (κ1) is 19.8. The molecule has 0 fully saturated rings. The molecular formula is C21H22FN3O2S. The average Bonchev–Trinajstić information content (AvgIpc) is 3.17. The van der Waals surface area contributed by atoms with E-state index in [9.17, 15) is 4.39 Å². The van der Waals surface area contributed by atoms with Crippen LogP contribution in [0.3, 0.4) is 0 Å². The van der Waals surface area contributed by atoms with E-state index in [2.05, 4.69) is 22.4 Å². The summed E-state index contributed by atoms with van der Waals surface area (Å²) in [6, 6.07) is 11.9. The third-order valence-electron chi connectivity index (χ3n) is 3.75. The van der Waals surface area contributed by atoms with Gasteiger partial charge in [-0.05, 0) is 61.4 Å². The lowest BCUT2D eigenvalue weighted by molar-refractivity contribution is 0.277. The number of hydrazone groups is 1. The topological polar surface area (TPSA) is 55.7 Å². The second-order valence-corrected chi connectivity index (χ2v) is 6.76. The van der Waals surface area contributed by atoms with Crippen LogP contribution in [0.2, 0.25) is 0 Å². The highest BCUT2D eigenvalue weighted by molar-refractivity contribution is 7.14. The SMILES string of the molecule is CCCOc1ccc(/C=N\Nc2nc(-c3ccc(F)cc3)cs2)cc1OCC. The predicted octanol–water partition coefficient (Wildman–Crippen LogP) is 5.58. The van der Waals surface area contributed by atoms with Crippen molar-refractivity contribution in [1.29, 1.82) is 0 Å². The molecule has 7 heteroatoms. The average molecular weight is 399 g/mol. The summed E-state index contributed by atoms with van der Waals surface area (Å²) in [5.41, 5.74) is 5.45. The number of benzene rings is 2. The summed E-state index contributed by atoms with van der Waals surface area (Å²) >= 11 is 1.43. The summed E-state index contributed by atoms with van der Waals surface area (Å²) in [7, 11) is 0. The van der Waals surface area contributed by atoms with Crippen molar-refractivity contribution in [3.05, 3.63) is 59.2 Å². The predicted molar refractivity (Wildman–Crippen MR) is 112 cm³/mol. The first-order chi connectivity index (χ1) is 13.7. The first-order valence-electron chi connectivity index (χ1n) is 9.09. The van der Waals surface area contributed by atoms with Crippen LogP contribution >= 0.6 is 11.3 Å². The Morgan fingerprint density at radius 2 is 1.93 bits per heavy atom. The van der Waals surface area contributed by atoms with Gasteiger partial charge in [0.05, 0.1) is 25.1 Å². The summed E-state index contributed by atoms with van der Waals surface area (Å²) in [6.45, 7) is 5.21. The number of hydrogen-bond acceptors (Lipinski definition) is 6. The maximum absolute atomic E-state index is 13.0. The molecule has 1 aromatic heterocycles. The monoisotopic (exact) mass is 399 g/mol. The van der Waals surface area contributed by atoms with Crippen molar-refractivity contribution in [2.75, 3.05) is 18.6 Å². The molecule has 28 heavy (non-hydrogen) atoms. The van der Waals surface area contributed by atoms with E-state index in [1.54, 1.807) is 18.3 Å². The third kappa shape index (κ3) is 5.29. The van der Waals surface area contributed by atoms with Crippen LogP contribution < -0.4 is 14.9 Å². The largest absolute Gasteiger partial charge is 0.490 e. The zero-order chi connectivity index (χ0) is 19.8. The fourth-order valence-corrected chi connectivity index (χ4v) is 3.11. The lowest BCUT2D eigenvalue weighted by atomic mass is 10.2. The normalized spacial score (nSPS) is 11.0. The Labute approximate surface area is 167 Å². The van der Waals surface area contributed by atoms with Crippen LogP contribution in [0.1, 0.15) is 25.8 Å². The molecule has 0 aliphatic heterocycles. The Bertz CT molecular complexity index is 926. The van der Waals surface area contributed by atoms with E-state index in [-0.39, 0.29) is 5.82 Å². The van der Waals surface area contributed by atoms with Crippen LogP contribution in [0.5, 0.6) is 11.5 Å². The molecule has 3 rings (SSSR count). The van der Waals surface area contributed by atoms with Crippen LogP contribution in [0.25, 0.3) is 11.3 Å². The van der Waals surface area contributed by atoms with Crippen LogP contribution in [0.15, 0.2) is 52.9 Å². The van der Waals surface area contributed by atoms with Crippen LogP contribution in [-0.4, -0.2) is 24.4 Å². The molecule has 1 N–H and O–H groups in total. The van der Waals surface area contributed by atoms with Crippen molar-refractivity contribution in [2.45, 2.75) is 20.3 Å². The lowest BCUT2D eigenvalue weighted by Crippen LogP contribution is -2.00. The number of ether oxygens (including phenoxy) is 2. The Hall–Kier alpha value is -2.93. The minimum absolute atomic E-state index is 0.264. The zero-order valence-electron chi connectivity index (χ0n) is 15.8. The fraction of sp³-hybridized carbons (Fsp3) is 0.238. The van der Waals surface area contributed by atoms with Crippen molar-refractivity contribution in [3.8, 4) is 22.8 Å². The van der Waals surface area contributed by atoms with Crippen LogP contribution in [-0.2, 0) is 0 Å². The molecule has 0 spiro atoms. The Kier molecular flexibility index (Phi) is 6.97. The number of nitrogens with zero attached hydrogens (tertiary/aromatic N) is 2. The van der Waals surface area contributed by atoms with Gasteiger partial charge in [-0.1, -0.05) is 6.92 Å². The minimum atomic E-state index is -0.264.